The van der Waals surface area contributed by atoms with Gasteiger partial charge in [-0.25, -0.2) is 0 Å². The van der Waals surface area contributed by atoms with Crippen LogP contribution in [-0.2, 0) is 24.0 Å². The first-order valence-corrected chi connectivity index (χ1v) is 23.9. The molecule has 0 aromatic carbocycles. The minimum absolute atomic E-state index is 0.129. The van der Waals surface area contributed by atoms with E-state index in [1.807, 2.05) is 0 Å². The van der Waals surface area contributed by atoms with Gasteiger partial charge in [-0.3, -0.25) is 38.7 Å². The van der Waals surface area contributed by atoms with Crippen LogP contribution in [0.1, 0.15) is 194 Å². The molecule has 0 bridgehead atoms. The number of aliphatic carboxylic acids is 3. The van der Waals surface area contributed by atoms with E-state index < -0.39 is 17.9 Å². The van der Waals surface area contributed by atoms with Gasteiger partial charge < -0.3 is 26.0 Å². The summed E-state index contributed by atoms with van der Waals surface area (Å²) in [6.07, 6.45) is 35.0. The van der Waals surface area contributed by atoms with Gasteiger partial charge in [0.15, 0.2) is 0 Å². The van der Waals surface area contributed by atoms with E-state index in [-0.39, 0.29) is 70.7 Å². The molecule has 0 unspecified atom stereocenters. The molecular weight excluding hydrogens is 751 g/mol. The van der Waals surface area contributed by atoms with Crippen LogP contribution in [0.5, 0.6) is 0 Å². The molecule has 0 saturated heterocycles. The molecule has 0 aliphatic heterocycles. The maximum atomic E-state index is 12.7. The van der Waals surface area contributed by atoms with E-state index >= 15 is 0 Å². The zero-order valence-corrected chi connectivity index (χ0v) is 37.8. The molecular formula is C46H89N5O8. The molecule has 0 aromatic heterocycles. The van der Waals surface area contributed by atoms with Crippen LogP contribution in [0, 0.1) is 0 Å². The number of carboxylic acid groups (broad SMARTS) is 3. The number of nitrogens with one attached hydrogen (secondary N) is 2. The van der Waals surface area contributed by atoms with Gasteiger partial charge in [-0.05, 0) is 12.8 Å². The molecule has 0 aromatic rings. The molecule has 5 N–H and O–H groups in total. The largest absolute Gasteiger partial charge is 0.480 e. The standard InChI is InChI=1S/C46H89N5O8/c1-3-5-7-9-11-13-15-17-19-21-23-25-27-29-31-47-42(52)37-50(40-45(56)57)35-33-49(39-44(54)55)34-36-51(41-46(58)59)38-43(53)48-32-30-28-26-24-22-20-18-16-14-12-10-8-6-4-2/h3-41H2,1-2H3,(H,47,52)(H,48,53)(H,54,55)(H,56,57)(H,58,59). The highest BCUT2D eigenvalue weighted by atomic mass is 16.4. The van der Waals surface area contributed by atoms with E-state index in [4.69, 9.17) is 0 Å². The molecule has 13 heteroatoms. The first kappa shape index (κ1) is 56.2. The summed E-state index contributed by atoms with van der Waals surface area (Å²) >= 11 is 0. The molecule has 0 saturated carbocycles. The Morgan fingerprint density at radius 1 is 0.322 bits per heavy atom. The average Bonchev–Trinajstić information content (AvgIpc) is 3.18. The molecule has 0 aliphatic carbocycles. The molecule has 0 atom stereocenters. The van der Waals surface area contributed by atoms with Gasteiger partial charge in [0.25, 0.3) is 0 Å². The molecule has 0 fully saturated rings. The lowest BCUT2D eigenvalue weighted by molar-refractivity contribution is -0.141. The fourth-order valence-corrected chi connectivity index (χ4v) is 7.45. The summed E-state index contributed by atoms with van der Waals surface area (Å²) in [4.78, 5) is 64.7. The zero-order valence-electron chi connectivity index (χ0n) is 37.8. The fraction of sp³-hybridized carbons (Fsp3) is 0.891. The van der Waals surface area contributed by atoms with E-state index in [9.17, 15) is 39.3 Å². The Hall–Kier alpha value is -2.77. The third-order valence-electron chi connectivity index (χ3n) is 11.0. The van der Waals surface area contributed by atoms with Crippen molar-refractivity contribution in [2.45, 2.75) is 194 Å². The molecule has 0 rings (SSSR count). The van der Waals surface area contributed by atoms with Crippen molar-refractivity contribution in [3.8, 4) is 0 Å². The monoisotopic (exact) mass is 840 g/mol. The highest BCUT2D eigenvalue weighted by molar-refractivity contribution is 5.79. The Balaban J connectivity index is 4.44. The van der Waals surface area contributed by atoms with Crippen LogP contribution in [0.3, 0.4) is 0 Å². The lowest BCUT2D eigenvalue weighted by Crippen LogP contribution is -2.47. The van der Waals surface area contributed by atoms with Crippen molar-refractivity contribution in [3.63, 3.8) is 0 Å². The number of rotatable bonds is 46. The number of nitrogens with zero attached hydrogens (tertiary/aromatic N) is 3. The fourth-order valence-electron chi connectivity index (χ4n) is 7.45. The molecule has 59 heavy (non-hydrogen) atoms. The summed E-state index contributed by atoms with van der Waals surface area (Å²) in [5.41, 5.74) is 0. The summed E-state index contributed by atoms with van der Waals surface area (Å²) in [6.45, 7) is 4.74. The predicted octanol–water partition coefficient (Wildman–Crippen LogP) is 8.34. The lowest BCUT2D eigenvalue weighted by atomic mass is 10.0. The van der Waals surface area contributed by atoms with Gasteiger partial charge >= 0.3 is 17.9 Å². The van der Waals surface area contributed by atoms with Crippen molar-refractivity contribution in [2.75, 3.05) is 72.0 Å². The Labute approximate surface area is 359 Å². The summed E-state index contributed by atoms with van der Waals surface area (Å²) in [5, 5.41) is 34.3. The van der Waals surface area contributed by atoms with Crippen molar-refractivity contribution >= 4 is 29.7 Å². The second kappa shape index (κ2) is 41.9. The Morgan fingerprint density at radius 2 is 0.542 bits per heavy atom. The molecule has 0 aliphatic rings. The topological polar surface area (TPSA) is 180 Å². The smallest absolute Gasteiger partial charge is 0.317 e. The van der Waals surface area contributed by atoms with E-state index in [2.05, 4.69) is 24.5 Å². The van der Waals surface area contributed by atoms with Gasteiger partial charge in [-0.2, -0.15) is 0 Å². The summed E-state index contributed by atoms with van der Waals surface area (Å²) in [7, 11) is 0. The first-order valence-electron chi connectivity index (χ1n) is 23.9. The zero-order chi connectivity index (χ0) is 43.6. The van der Waals surface area contributed by atoms with Crippen LogP contribution in [0.4, 0.5) is 0 Å². The normalized spacial score (nSPS) is 11.5. The van der Waals surface area contributed by atoms with Crippen molar-refractivity contribution < 1.29 is 39.3 Å². The molecule has 346 valence electrons. The number of amides is 2. The summed E-state index contributed by atoms with van der Waals surface area (Å²) in [6, 6.07) is 0. The minimum Gasteiger partial charge on any atom is -0.480 e. The van der Waals surface area contributed by atoms with Gasteiger partial charge in [-0.15, -0.1) is 0 Å². The van der Waals surface area contributed by atoms with Crippen molar-refractivity contribution in [1.29, 1.82) is 0 Å². The maximum Gasteiger partial charge on any atom is 0.317 e. The quantitative estimate of drug-likeness (QED) is 0.0372. The molecule has 13 nitrogen and oxygen atoms in total. The number of hydrogen-bond acceptors (Lipinski definition) is 8. The van der Waals surface area contributed by atoms with Gasteiger partial charge in [0.1, 0.15) is 0 Å². The van der Waals surface area contributed by atoms with Gasteiger partial charge in [0.2, 0.25) is 11.8 Å². The second-order valence-electron chi connectivity index (χ2n) is 16.8. The first-order chi connectivity index (χ1) is 28.6. The Bertz CT molecular complexity index is 977. The van der Waals surface area contributed by atoms with E-state index in [1.54, 1.807) is 4.90 Å². The van der Waals surface area contributed by atoms with E-state index in [0.717, 1.165) is 38.5 Å². The van der Waals surface area contributed by atoms with Gasteiger partial charge in [0.05, 0.1) is 32.7 Å². The second-order valence-corrected chi connectivity index (χ2v) is 16.8. The predicted molar refractivity (Wildman–Crippen MR) is 239 cm³/mol. The number of unbranched alkanes of at least 4 members (excludes halogenated alkanes) is 26. The lowest BCUT2D eigenvalue weighted by Gasteiger charge is -2.28. The highest BCUT2D eigenvalue weighted by Gasteiger charge is 2.20. The Kier molecular flexibility index (Phi) is 40.0. The van der Waals surface area contributed by atoms with Crippen LogP contribution in [0.15, 0.2) is 0 Å². The number of carboxylic acids is 3. The van der Waals surface area contributed by atoms with Crippen molar-refractivity contribution in [2.24, 2.45) is 0 Å². The molecule has 2 amide bonds. The maximum absolute atomic E-state index is 12.7. The minimum atomic E-state index is -1.10. The van der Waals surface area contributed by atoms with Gasteiger partial charge in [-0.1, -0.05) is 181 Å². The summed E-state index contributed by atoms with van der Waals surface area (Å²) in [5.74, 6) is -3.84. The SMILES string of the molecule is CCCCCCCCCCCCCCCCNC(=O)CN(CCN(CCN(CC(=O)O)CC(=O)NCCCCCCCCCCCCCCCC)CC(=O)O)CC(=O)O. The van der Waals surface area contributed by atoms with Crippen molar-refractivity contribution in [1.82, 2.24) is 25.3 Å². The third-order valence-corrected chi connectivity index (χ3v) is 11.0. The van der Waals surface area contributed by atoms with Crippen LogP contribution >= 0.6 is 0 Å². The molecule has 0 heterocycles. The van der Waals surface area contributed by atoms with Crippen LogP contribution < -0.4 is 10.6 Å². The van der Waals surface area contributed by atoms with E-state index in [1.165, 1.54) is 151 Å². The van der Waals surface area contributed by atoms with Gasteiger partial charge in [0, 0.05) is 39.3 Å². The van der Waals surface area contributed by atoms with Crippen molar-refractivity contribution in [3.05, 3.63) is 0 Å². The van der Waals surface area contributed by atoms with Crippen LogP contribution in [0.2, 0.25) is 0 Å². The van der Waals surface area contributed by atoms with Crippen LogP contribution in [-0.4, -0.2) is 132 Å². The number of carbonyl (C=O) groups is 5. The third kappa shape index (κ3) is 41.7. The number of carbonyl (C=O) groups excluding carboxylic acids is 2. The van der Waals surface area contributed by atoms with Crippen LogP contribution in [0.25, 0.3) is 0 Å². The molecule has 0 radical (unpaired) electrons. The number of hydrogen-bond donors (Lipinski definition) is 5. The Morgan fingerprint density at radius 3 is 0.797 bits per heavy atom. The highest BCUT2D eigenvalue weighted by Crippen LogP contribution is 2.14. The molecule has 0 spiro atoms. The average molecular weight is 840 g/mol. The van der Waals surface area contributed by atoms with E-state index in [0.29, 0.717) is 13.1 Å². The summed E-state index contributed by atoms with van der Waals surface area (Å²) < 4.78 is 0.